The van der Waals surface area contributed by atoms with Gasteiger partial charge in [0.25, 0.3) is 5.91 Å². The first kappa shape index (κ1) is 26.6. The molecule has 3 aromatic carbocycles. The predicted molar refractivity (Wildman–Crippen MR) is 156 cm³/mol. The number of anilines is 2. The van der Waals surface area contributed by atoms with Gasteiger partial charge in [-0.1, -0.05) is 58.4 Å². The Morgan fingerprint density at radius 3 is 2.23 bits per heavy atom. The number of imide groups is 1. The Morgan fingerprint density at radius 1 is 0.900 bits per heavy atom. The quantitative estimate of drug-likeness (QED) is 0.276. The summed E-state index contributed by atoms with van der Waals surface area (Å²) in [6.07, 6.45) is 0. The number of carbonyl (C=O) groups is 3. The molecule has 0 radical (unpaired) electrons. The normalized spacial score (nSPS) is 19.8. The van der Waals surface area contributed by atoms with Crippen LogP contribution in [0.25, 0.3) is 0 Å². The van der Waals surface area contributed by atoms with Crippen molar-refractivity contribution < 1.29 is 19.1 Å². The minimum atomic E-state index is -0.705. The van der Waals surface area contributed by atoms with Crippen molar-refractivity contribution in [3.05, 3.63) is 103 Å². The first-order chi connectivity index (χ1) is 19.3. The van der Waals surface area contributed by atoms with Crippen LogP contribution in [0.5, 0.6) is 5.75 Å². The summed E-state index contributed by atoms with van der Waals surface area (Å²) in [6.45, 7) is -0.209. The largest absolute Gasteiger partial charge is 0.484 e. The lowest BCUT2D eigenvalue weighted by atomic mass is 9.83. The SMILES string of the molecule is O=C(COc1ccc([C@H]2c3sc(=O)[nH]c3SC3C(=O)N(c4ccc(Cl)cc4)C(=O)C32)cc1)Nc1ccc(Cl)cc1. The Kier molecular flexibility index (Phi) is 7.18. The molecule has 40 heavy (non-hydrogen) atoms. The number of aromatic nitrogens is 1. The summed E-state index contributed by atoms with van der Waals surface area (Å²) in [5, 5.41) is 3.70. The molecule has 4 aromatic rings. The second-order valence-electron chi connectivity index (χ2n) is 9.15. The Balaban J connectivity index is 1.24. The number of nitrogens with zero attached hydrogens (tertiary/aromatic N) is 1. The van der Waals surface area contributed by atoms with Crippen LogP contribution < -0.4 is 19.8 Å². The number of amides is 3. The van der Waals surface area contributed by atoms with Crippen LogP contribution in [0.15, 0.2) is 82.6 Å². The van der Waals surface area contributed by atoms with Crippen LogP contribution in [0, 0.1) is 5.92 Å². The maximum absolute atomic E-state index is 13.7. The molecule has 12 heteroatoms. The van der Waals surface area contributed by atoms with Crippen molar-refractivity contribution in [2.75, 3.05) is 16.8 Å². The third-order valence-electron chi connectivity index (χ3n) is 6.65. The molecule has 2 N–H and O–H groups in total. The van der Waals surface area contributed by atoms with E-state index >= 15 is 0 Å². The van der Waals surface area contributed by atoms with Gasteiger partial charge in [-0.15, -0.1) is 0 Å². The number of H-pyrrole nitrogens is 1. The Hall–Kier alpha value is -3.57. The van der Waals surface area contributed by atoms with E-state index < -0.39 is 17.1 Å². The van der Waals surface area contributed by atoms with E-state index in [4.69, 9.17) is 27.9 Å². The molecular formula is C28H19Cl2N3O5S2. The number of nitrogens with one attached hydrogen (secondary N) is 2. The monoisotopic (exact) mass is 611 g/mol. The van der Waals surface area contributed by atoms with E-state index in [2.05, 4.69) is 10.3 Å². The summed E-state index contributed by atoms with van der Waals surface area (Å²) in [6, 6.07) is 20.3. The van der Waals surface area contributed by atoms with Gasteiger partial charge in [0.2, 0.25) is 11.8 Å². The predicted octanol–water partition coefficient (Wildman–Crippen LogP) is 5.56. The van der Waals surface area contributed by atoms with Gasteiger partial charge in [0.1, 0.15) is 11.0 Å². The number of aromatic amines is 1. The summed E-state index contributed by atoms with van der Waals surface area (Å²) in [7, 11) is 0. The van der Waals surface area contributed by atoms with Crippen molar-refractivity contribution in [3.8, 4) is 5.75 Å². The molecule has 1 saturated heterocycles. The maximum Gasteiger partial charge on any atom is 0.305 e. The lowest BCUT2D eigenvalue weighted by molar-refractivity contribution is -0.122. The van der Waals surface area contributed by atoms with Gasteiger partial charge in [0.15, 0.2) is 6.61 Å². The van der Waals surface area contributed by atoms with Gasteiger partial charge in [-0.3, -0.25) is 19.2 Å². The maximum atomic E-state index is 13.7. The molecule has 0 spiro atoms. The highest BCUT2D eigenvalue weighted by molar-refractivity contribution is 8.00. The number of thiazole rings is 1. The van der Waals surface area contributed by atoms with Gasteiger partial charge < -0.3 is 15.0 Å². The Bertz CT molecular complexity index is 1670. The van der Waals surface area contributed by atoms with Crippen LogP contribution in [0.1, 0.15) is 16.4 Å². The molecule has 2 unspecified atom stereocenters. The first-order valence-electron chi connectivity index (χ1n) is 12.1. The lowest BCUT2D eigenvalue weighted by Crippen LogP contribution is -2.32. The number of hydrogen-bond donors (Lipinski definition) is 2. The number of hydrogen-bond acceptors (Lipinski definition) is 7. The molecule has 0 aliphatic carbocycles. The number of ether oxygens (including phenoxy) is 1. The average Bonchev–Trinajstić information content (AvgIpc) is 3.44. The molecule has 3 atom stereocenters. The van der Waals surface area contributed by atoms with Crippen molar-refractivity contribution >= 4 is 75.4 Å². The third-order valence-corrected chi connectivity index (χ3v) is 9.55. The molecule has 2 aliphatic heterocycles. The fraction of sp³-hybridized carbons (Fsp3) is 0.143. The van der Waals surface area contributed by atoms with Crippen LogP contribution in [0.2, 0.25) is 10.0 Å². The number of rotatable bonds is 6. The van der Waals surface area contributed by atoms with Gasteiger partial charge in [0.05, 0.1) is 16.6 Å². The molecular weight excluding hydrogens is 593 g/mol. The fourth-order valence-electron chi connectivity index (χ4n) is 4.87. The van der Waals surface area contributed by atoms with Crippen molar-refractivity contribution in [3.63, 3.8) is 0 Å². The number of halogens is 2. The number of benzene rings is 3. The Labute approximate surface area is 246 Å². The molecule has 8 nitrogen and oxygen atoms in total. The van der Waals surface area contributed by atoms with Crippen molar-refractivity contribution in [2.45, 2.75) is 16.2 Å². The molecule has 1 fully saturated rings. The summed E-state index contributed by atoms with van der Waals surface area (Å²) in [5.74, 6) is -1.77. The molecule has 3 amide bonds. The molecule has 0 bridgehead atoms. The number of thioether (sulfide) groups is 1. The zero-order valence-electron chi connectivity index (χ0n) is 20.4. The second kappa shape index (κ2) is 10.8. The molecule has 0 saturated carbocycles. The van der Waals surface area contributed by atoms with E-state index in [1.165, 1.54) is 16.7 Å². The standard InChI is InChI=1S/C28H19Cl2N3O5S2/c29-15-3-7-17(8-4-15)31-20(34)13-38-19-11-1-14(2-12-19)21-22-24(39-25-23(21)40-28(37)32-25)27(36)33(26(22)35)18-9-5-16(30)6-10-18/h1-12,21-22,24H,13H2,(H,31,34)(H,32,37)/t21-,22?,24?/m1/s1. The first-order valence-corrected chi connectivity index (χ1v) is 14.5. The van der Waals surface area contributed by atoms with Gasteiger partial charge in [-0.2, -0.15) is 0 Å². The van der Waals surface area contributed by atoms with E-state index in [9.17, 15) is 19.2 Å². The van der Waals surface area contributed by atoms with Crippen molar-refractivity contribution in [1.29, 1.82) is 0 Å². The van der Waals surface area contributed by atoms with E-state index in [0.717, 1.165) is 16.9 Å². The van der Waals surface area contributed by atoms with E-state index in [1.807, 2.05) is 0 Å². The number of fused-ring (bicyclic) bond motifs is 2. The fourth-order valence-corrected chi connectivity index (χ4v) is 7.64. The second-order valence-corrected chi connectivity index (χ2v) is 12.2. The summed E-state index contributed by atoms with van der Waals surface area (Å²) in [5.41, 5.74) is 1.80. The minimum absolute atomic E-state index is 0.209. The molecule has 202 valence electrons. The summed E-state index contributed by atoms with van der Waals surface area (Å²) >= 11 is 14.1. The summed E-state index contributed by atoms with van der Waals surface area (Å²) < 4.78 is 5.65. The van der Waals surface area contributed by atoms with Gasteiger partial charge in [-0.05, 0) is 66.2 Å². The lowest BCUT2D eigenvalue weighted by Gasteiger charge is -2.29. The topological polar surface area (TPSA) is 109 Å². The smallest absolute Gasteiger partial charge is 0.305 e. The molecule has 6 rings (SSSR count). The zero-order chi connectivity index (χ0) is 28.0. The van der Waals surface area contributed by atoms with Crippen LogP contribution >= 0.6 is 46.3 Å². The van der Waals surface area contributed by atoms with Crippen molar-refractivity contribution in [2.24, 2.45) is 5.92 Å². The highest BCUT2D eigenvalue weighted by Gasteiger charge is 2.56. The van der Waals surface area contributed by atoms with Crippen LogP contribution in [0.3, 0.4) is 0 Å². The highest BCUT2D eigenvalue weighted by atomic mass is 35.5. The number of carbonyl (C=O) groups excluding carboxylic acids is 3. The average molecular weight is 613 g/mol. The highest BCUT2D eigenvalue weighted by Crippen LogP contribution is 2.53. The van der Waals surface area contributed by atoms with Crippen LogP contribution in [0.4, 0.5) is 11.4 Å². The van der Waals surface area contributed by atoms with Gasteiger partial charge in [-0.25, -0.2) is 4.90 Å². The molecule has 1 aromatic heterocycles. The zero-order valence-corrected chi connectivity index (χ0v) is 23.6. The van der Waals surface area contributed by atoms with Gasteiger partial charge >= 0.3 is 4.87 Å². The minimum Gasteiger partial charge on any atom is -0.484 e. The summed E-state index contributed by atoms with van der Waals surface area (Å²) in [4.78, 5) is 56.3. The molecule has 3 heterocycles. The molecule has 2 aliphatic rings. The van der Waals surface area contributed by atoms with Crippen LogP contribution in [-0.2, 0) is 14.4 Å². The van der Waals surface area contributed by atoms with Gasteiger partial charge in [0, 0.05) is 26.5 Å². The van der Waals surface area contributed by atoms with E-state index in [1.54, 1.807) is 72.8 Å². The van der Waals surface area contributed by atoms with E-state index in [-0.39, 0.29) is 29.2 Å². The Morgan fingerprint density at radius 2 is 1.55 bits per heavy atom. The van der Waals surface area contributed by atoms with Crippen molar-refractivity contribution in [1.82, 2.24) is 4.98 Å². The van der Waals surface area contributed by atoms with E-state index in [0.29, 0.717) is 37.1 Å². The van der Waals surface area contributed by atoms with Crippen LogP contribution in [-0.4, -0.2) is 34.6 Å². The third kappa shape index (κ3) is 5.03.